The molecule has 0 spiro atoms. The predicted molar refractivity (Wildman–Crippen MR) is 29.4 cm³/mol. The number of carbonyl (C=O) groups excluding carboxylic acids is 1. The van der Waals surface area contributed by atoms with E-state index in [1.54, 1.807) is 6.92 Å². The van der Waals surface area contributed by atoms with E-state index >= 15 is 0 Å². The first kappa shape index (κ1) is 17.2. The summed E-state index contributed by atoms with van der Waals surface area (Å²) in [6.07, 6.45) is -1.34. The van der Waals surface area contributed by atoms with Crippen LogP contribution in [-0.4, -0.2) is 28.9 Å². The molecule has 2 N–H and O–H groups in total. The molecule has 56 valence electrons. The van der Waals surface area contributed by atoms with E-state index in [9.17, 15) is 9.90 Å². The monoisotopic (exact) mass is 174 g/mol. The van der Waals surface area contributed by atoms with Crippen LogP contribution in [0.1, 0.15) is 13.8 Å². The topological polar surface area (TPSA) is 80.6 Å². The molecule has 0 aromatic heterocycles. The molecule has 5 heteroatoms. The number of aliphatic hydroxyl groups is 2. The van der Waals surface area contributed by atoms with Crippen molar-refractivity contribution in [3.05, 3.63) is 0 Å². The minimum absolute atomic E-state index is 0. The van der Waals surface area contributed by atoms with Gasteiger partial charge in [-0.1, -0.05) is 0 Å². The van der Waals surface area contributed by atoms with Crippen molar-refractivity contribution in [1.29, 1.82) is 0 Å². The number of hydrogen-bond acceptors (Lipinski definition) is 4. The SMILES string of the molecule is CC(O)C(=O)[O-].CCO.[K+]. The zero-order valence-corrected chi connectivity index (χ0v) is 9.62. The van der Waals surface area contributed by atoms with Crippen molar-refractivity contribution in [3.8, 4) is 0 Å². The van der Waals surface area contributed by atoms with Gasteiger partial charge in [0.1, 0.15) is 0 Å². The molecule has 0 aliphatic rings. The molecular weight excluding hydrogens is 163 g/mol. The second-order valence-corrected chi connectivity index (χ2v) is 1.31. The number of carboxylic acid groups (broad SMARTS) is 1. The van der Waals surface area contributed by atoms with E-state index in [0.29, 0.717) is 0 Å². The van der Waals surface area contributed by atoms with Crippen LogP contribution in [0.15, 0.2) is 0 Å². The van der Waals surface area contributed by atoms with E-state index in [1.807, 2.05) is 0 Å². The van der Waals surface area contributed by atoms with Gasteiger partial charge in [-0.25, -0.2) is 0 Å². The summed E-state index contributed by atoms with van der Waals surface area (Å²) in [5.74, 6) is -1.44. The number of aliphatic hydroxyl groups excluding tert-OH is 2. The van der Waals surface area contributed by atoms with E-state index in [0.717, 1.165) is 6.92 Å². The van der Waals surface area contributed by atoms with E-state index in [1.165, 1.54) is 0 Å². The van der Waals surface area contributed by atoms with Gasteiger partial charge in [0.25, 0.3) is 0 Å². The molecule has 0 aliphatic carbocycles. The smallest absolute Gasteiger partial charge is 0.547 e. The molecule has 1 atom stereocenters. The molecule has 0 saturated carbocycles. The van der Waals surface area contributed by atoms with Crippen molar-refractivity contribution < 1.29 is 71.5 Å². The summed E-state index contributed by atoms with van der Waals surface area (Å²) in [5, 5.41) is 24.9. The summed E-state index contributed by atoms with van der Waals surface area (Å²) in [6.45, 7) is 3.06. The Hall–Kier alpha value is 1.03. The van der Waals surface area contributed by atoms with Gasteiger partial charge < -0.3 is 20.1 Å². The summed E-state index contributed by atoms with van der Waals surface area (Å²) in [4.78, 5) is 9.34. The normalized spacial score (nSPS) is 10.0. The Morgan fingerprint density at radius 1 is 1.70 bits per heavy atom. The number of rotatable bonds is 1. The Labute approximate surface area is 103 Å². The van der Waals surface area contributed by atoms with Gasteiger partial charge in [0, 0.05) is 6.61 Å². The molecule has 4 nitrogen and oxygen atoms in total. The van der Waals surface area contributed by atoms with Crippen molar-refractivity contribution in [3.63, 3.8) is 0 Å². The maximum absolute atomic E-state index is 9.34. The summed E-state index contributed by atoms with van der Waals surface area (Å²) in [6, 6.07) is 0. The Morgan fingerprint density at radius 3 is 1.80 bits per heavy atom. The zero-order chi connectivity index (χ0) is 7.86. The van der Waals surface area contributed by atoms with Gasteiger partial charge >= 0.3 is 51.4 Å². The number of hydrogen-bond donors (Lipinski definition) is 2. The fourth-order valence-electron chi connectivity index (χ4n) is 0. The molecule has 0 radical (unpaired) electrons. The van der Waals surface area contributed by atoms with Crippen LogP contribution in [0.25, 0.3) is 0 Å². The first-order chi connectivity index (χ1) is 4.06. The van der Waals surface area contributed by atoms with Crippen LogP contribution in [0.3, 0.4) is 0 Å². The first-order valence-corrected chi connectivity index (χ1v) is 2.56. The largest absolute Gasteiger partial charge is 1.00 e. The Morgan fingerprint density at radius 2 is 1.80 bits per heavy atom. The van der Waals surface area contributed by atoms with Gasteiger partial charge in [-0.05, 0) is 13.8 Å². The summed E-state index contributed by atoms with van der Waals surface area (Å²) in [7, 11) is 0. The Balaban J connectivity index is -0.000000107. The standard InChI is InChI=1S/C3H6O3.C2H6O.K/c1-2(4)3(5)6;1-2-3;/h2,4H,1H3,(H,5,6);3H,2H2,1H3;/q;;+1/p-1. The average molecular weight is 174 g/mol. The van der Waals surface area contributed by atoms with Gasteiger partial charge in [0.15, 0.2) is 0 Å². The minimum Gasteiger partial charge on any atom is -0.547 e. The molecule has 0 aromatic rings. The fourth-order valence-corrected chi connectivity index (χ4v) is 0. The third-order valence-corrected chi connectivity index (χ3v) is 0.341. The van der Waals surface area contributed by atoms with Gasteiger partial charge in [-0.15, -0.1) is 0 Å². The van der Waals surface area contributed by atoms with Gasteiger partial charge in [-0.2, -0.15) is 0 Å². The summed E-state index contributed by atoms with van der Waals surface area (Å²) >= 11 is 0. The van der Waals surface area contributed by atoms with Crippen molar-refractivity contribution in [1.82, 2.24) is 0 Å². The Bertz CT molecular complexity index is 74.0. The number of carbonyl (C=O) groups is 1. The van der Waals surface area contributed by atoms with E-state index in [2.05, 4.69) is 0 Å². The zero-order valence-electron chi connectivity index (χ0n) is 6.50. The molecule has 0 saturated heterocycles. The van der Waals surface area contributed by atoms with Gasteiger partial charge in [0.05, 0.1) is 12.1 Å². The molecule has 0 amide bonds. The molecule has 0 aromatic carbocycles. The quantitative estimate of drug-likeness (QED) is 0.391. The van der Waals surface area contributed by atoms with E-state index in [-0.39, 0.29) is 58.0 Å². The molecule has 0 rings (SSSR count). The molecule has 0 fully saturated rings. The maximum Gasteiger partial charge on any atom is 1.00 e. The van der Waals surface area contributed by atoms with Crippen LogP contribution in [0.4, 0.5) is 0 Å². The van der Waals surface area contributed by atoms with Crippen LogP contribution in [-0.2, 0) is 4.79 Å². The van der Waals surface area contributed by atoms with E-state index < -0.39 is 12.1 Å². The molecule has 0 heterocycles. The third-order valence-electron chi connectivity index (χ3n) is 0.341. The third kappa shape index (κ3) is 23.0. The molecular formula is C5H11KO4. The van der Waals surface area contributed by atoms with Gasteiger partial charge in [-0.3, -0.25) is 0 Å². The van der Waals surface area contributed by atoms with Crippen LogP contribution in [0.5, 0.6) is 0 Å². The molecule has 1 unspecified atom stereocenters. The Kier molecular flexibility index (Phi) is 21.8. The fraction of sp³-hybridized carbons (Fsp3) is 0.800. The van der Waals surface area contributed by atoms with Crippen LogP contribution in [0.2, 0.25) is 0 Å². The predicted octanol–water partition coefficient (Wildman–Crippen LogP) is -4.88. The van der Waals surface area contributed by atoms with Gasteiger partial charge in [0.2, 0.25) is 0 Å². The maximum atomic E-state index is 9.34. The first-order valence-electron chi connectivity index (χ1n) is 2.56. The summed E-state index contributed by atoms with van der Waals surface area (Å²) in [5.41, 5.74) is 0. The van der Waals surface area contributed by atoms with Crippen molar-refractivity contribution in [2.75, 3.05) is 6.61 Å². The molecule has 10 heavy (non-hydrogen) atoms. The van der Waals surface area contributed by atoms with Crippen LogP contribution in [0, 0.1) is 0 Å². The van der Waals surface area contributed by atoms with Crippen molar-refractivity contribution in [2.24, 2.45) is 0 Å². The number of aliphatic carboxylic acids is 1. The summed E-state index contributed by atoms with van der Waals surface area (Å²) < 4.78 is 0. The molecule has 0 bridgehead atoms. The average Bonchev–Trinajstić information content (AvgIpc) is 1.68. The minimum atomic E-state index is -1.44. The number of carboxylic acids is 1. The van der Waals surface area contributed by atoms with Crippen LogP contribution < -0.4 is 56.5 Å². The second-order valence-electron chi connectivity index (χ2n) is 1.31. The van der Waals surface area contributed by atoms with Crippen molar-refractivity contribution in [2.45, 2.75) is 20.0 Å². The van der Waals surface area contributed by atoms with Crippen LogP contribution >= 0.6 is 0 Å². The molecule has 0 aliphatic heterocycles. The van der Waals surface area contributed by atoms with Crippen molar-refractivity contribution >= 4 is 5.97 Å². The van der Waals surface area contributed by atoms with E-state index in [4.69, 9.17) is 10.2 Å². The second kappa shape index (κ2) is 12.7.